The molecule has 4 aromatic rings. The van der Waals surface area contributed by atoms with Gasteiger partial charge in [0, 0.05) is 5.69 Å². The molecule has 0 bridgehead atoms. The average Bonchev–Trinajstić information content (AvgIpc) is 2.94. The average molecular weight is 332 g/mol. The Morgan fingerprint density at radius 2 is 1.88 bits per heavy atom. The van der Waals surface area contributed by atoms with Crippen LogP contribution in [0.4, 0.5) is 5.69 Å². The number of aryl methyl sites for hydroxylation is 1. The number of aromatic nitrogens is 1. The lowest BCUT2D eigenvalue weighted by atomic mass is 10.0. The van der Waals surface area contributed by atoms with Gasteiger partial charge >= 0.3 is 0 Å². The molecule has 0 unspecified atom stereocenters. The second kappa shape index (κ2) is 6.06. The third-order valence-corrected chi connectivity index (χ3v) is 4.89. The Morgan fingerprint density at radius 1 is 1.04 bits per heavy atom. The monoisotopic (exact) mass is 332 g/mol. The van der Waals surface area contributed by atoms with Crippen molar-refractivity contribution in [2.75, 3.05) is 5.32 Å². The van der Waals surface area contributed by atoms with E-state index < -0.39 is 0 Å². The van der Waals surface area contributed by atoms with Crippen LogP contribution in [0.5, 0.6) is 0 Å². The molecule has 0 saturated heterocycles. The number of anilines is 1. The van der Waals surface area contributed by atoms with Crippen molar-refractivity contribution in [3.05, 3.63) is 71.2 Å². The van der Waals surface area contributed by atoms with Gasteiger partial charge in [-0.15, -0.1) is 11.3 Å². The second-order valence-corrected chi connectivity index (χ2v) is 7.06. The third-order valence-electron chi connectivity index (χ3n) is 3.96. The predicted molar refractivity (Wildman–Crippen MR) is 101 cm³/mol. The fraction of sp³-hybridized carbons (Fsp3) is 0.100. The van der Waals surface area contributed by atoms with Gasteiger partial charge in [-0.1, -0.05) is 42.5 Å². The van der Waals surface area contributed by atoms with Crippen LogP contribution >= 0.6 is 11.3 Å². The summed E-state index contributed by atoms with van der Waals surface area (Å²) in [6.07, 6.45) is 0.366. The molecule has 0 aliphatic heterocycles. The molecule has 1 aromatic heterocycles. The lowest BCUT2D eigenvalue weighted by Crippen LogP contribution is -2.14. The zero-order valence-corrected chi connectivity index (χ0v) is 14.1. The van der Waals surface area contributed by atoms with Crippen LogP contribution < -0.4 is 5.32 Å². The lowest BCUT2D eigenvalue weighted by molar-refractivity contribution is -0.115. The van der Waals surface area contributed by atoms with Crippen LogP contribution in [0, 0.1) is 6.92 Å². The van der Waals surface area contributed by atoms with Gasteiger partial charge in [0.2, 0.25) is 5.91 Å². The van der Waals surface area contributed by atoms with E-state index in [-0.39, 0.29) is 5.91 Å². The Balaban J connectivity index is 1.51. The Morgan fingerprint density at radius 3 is 2.75 bits per heavy atom. The van der Waals surface area contributed by atoms with E-state index >= 15 is 0 Å². The Hall–Kier alpha value is -2.72. The third kappa shape index (κ3) is 3.01. The zero-order valence-electron chi connectivity index (χ0n) is 13.2. The van der Waals surface area contributed by atoms with Gasteiger partial charge in [-0.2, -0.15) is 0 Å². The SMILES string of the molecule is Cc1nc2ccc(NC(=O)Cc3ccc4ccccc4c3)cc2s1. The fourth-order valence-corrected chi connectivity index (χ4v) is 3.72. The topological polar surface area (TPSA) is 42.0 Å². The maximum absolute atomic E-state index is 12.3. The van der Waals surface area contributed by atoms with Gasteiger partial charge in [-0.3, -0.25) is 4.79 Å². The molecule has 0 spiro atoms. The number of carbonyl (C=O) groups excluding carboxylic acids is 1. The number of hydrogen-bond donors (Lipinski definition) is 1. The number of benzene rings is 3. The highest BCUT2D eigenvalue weighted by molar-refractivity contribution is 7.18. The van der Waals surface area contributed by atoms with E-state index in [1.54, 1.807) is 11.3 Å². The molecule has 24 heavy (non-hydrogen) atoms. The van der Waals surface area contributed by atoms with Crippen molar-refractivity contribution >= 4 is 43.9 Å². The summed E-state index contributed by atoms with van der Waals surface area (Å²) in [6, 6.07) is 20.2. The maximum atomic E-state index is 12.3. The number of fused-ring (bicyclic) bond motifs is 2. The largest absolute Gasteiger partial charge is 0.326 e. The van der Waals surface area contributed by atoms with E-state index in [2.05, 4.69) is 34.6 Å². The molecule has 0 aliphatic carbocycles. The molecular formula is C20H16N2OS. The molecule has 1 N–H and O–H groups in total. The van der Waals surface area contributed by atoms with E-state index in [9.17, 15) is 4.79 Å². The number of nitrogens with one attached hydrogen (secondary N) is 1. The molecule has 3 aromatic carbocycles. The summed E-state index contributed by atoms with van der Waals surface area (Å²) in [4.78, 5) is 16.8. The van der Waals surface area contributed by atoms with E-state index in [1.165, 1.54) is 5.39 Å². The second-order valence-electron chi connectivity index (χ2n) is 5.82. The van der Waals surface area contributed by atoms with Crippen molar-refractivity contribution < 1.29 is 4.79 Å². The molecular weight excluding hydrogens is 316 g/mol. The van der Waals surface area contributed by atoms with Crippen LogP contribution in [0.3, 0.4) is 0 Å². The minimum Gasteiger partial charge on any atom is -0.326 e. The van der Waals surface area contributed by atoms with Crippen LogP contribution in [0.25, 0.3) is 21.0 Å². The summed E-state index contributed by atoms with van der Waals surface area (Å²) in [5, 5.41) is 6.36. The van der Waals surface area contributed by atoms with Crippen LogP contribution in [0.1, 0.15) is 10.6 Å². The summed E-state index contributed by atoms with van der Waals surface area (Å²) < 4.78 is 1.09. The van der Waals surface area contributed by atoms with Crippen molar-refractivity contribution in [3.63, 3.8) is 0 Å². The van der Waals surface area contributed by atoms with Gasteiger partial charge in [-0.25, -0.2) is 4.98 Å². The lowest BCUT2D eigenvalue weighted by Gasteiger charge is -2.06. The van der Waals surface area contributed by atoms with Gasteiger partial charge in [0.25, 0.3) is 0 Å². The van der Waals surface area contributed by atoms with Crippen LogP contribution in [-0.2, 0) is 11.2 Å². The molecule has 0 saturated carbocycles. The molecule has 118 valence electrons. The number of hydrogen-bond acceptors (Lipinski definition) is 3. The molecule has 4 rings (SSSR count). The molecule has 0 aliphatic rings. The molecule has 1 heterocycles. The van der Waals surface area contributed by atoms with E-state index in [0.29, 0.717) is 6.42 Å². The number of amides is 1. The molecule has 0 fully saturated rings. The summed E-state index contributed by atoms with van der Waals surface area (Å²) in [5.74, 6) is -0.00846. The molecule has 3 nitrogen and oxygen atoms in total. The Labute approximate surface area is 144 Å². The molecule has 0 radical (unpaired) electrons. The minimum atomic E-state index is -0.00846. The number of carbonyl (C=O) groups is 1. The summed E-state index contributed by atoms with van der Waals surface area (Å²) in [5.41, 5.74) is 2.81. The first-order valence-corrected chi connectivity index (χ1v) is 8.64. The Kier molecular flexibility index (Phi) is 3.75. The molecule has 1 amide bonds. The smallest absolute Gasteiger partial charge is 0.228 e. The summed E-state index contributed by atoms with van der Waals surface area (Å²) in [6.45, 7) is 1.99. The van der Waals surface area contributed by atoms with Crippen molar-refractivity contribution in [1.82, 2.24) is 4.98 Å². The zero-order chi connectivity index (χ0) is 16.5. The first kappa shape index (κ1) is 14.8. The number of thiazole rings is 1. The van der Waals surface area contributed by atoms with Crippen molar-refractivity contribution in [1.29, 1.82) is 0 Å². The highest BCUT2D eigenvalue weighted by atomic mass is 32.1. The summed E-state index contributed by atoms with van der Waals surface area (Å²) >= 11 is 1.64. The summed E-state index contributed by atoms with van der Waals surface area (Å²) in [7, 11) is 0. The standard InChI is InChI=1S/C20H16N2OS/c1-13-21-18-9-8-17(12-19(18)24-13)22-20(23)11-14-6-7-15-4-2-3-5-16(15)10-14/h2-10,12H,11H2,1H3,(H,22,23). The van der Waals surface area contributed by atoms with Gasteiger partial charge in [0.15, 0.2) is 0 Å². The van der Waals surface area contributed by atoms with E-state index in [4.69, 9.17) is 0 Å². The highest BCUT2D eigenvalue weighted by Crippen LogP contribution is 2.25. The van der Waals surface area contributed by atoms with Crippen LogP contribution in [-0.4, -0.2) is 10.9 Å². The quantitative estimate of drug-likeness (QED) is 0.577. The van der Waals surface area contributed by atoms with Crippen molar-refractivity contribution in [2.45, 2.75) is 13.3 Å². The Bertz CT molecular complexity index is 1050. The minimum absolute atomic E-state index is 0.00846. The first-order chi connectivity index (χ1) is 11.7. The van der Waals surface area contributed by atoms with Crippen molar-refractivity contribution in [3.8, 4) is 0 Å². The van der Waals surface area contributed by atoms with Crippen LogP contribution in [0.15, 0.2) is 60.7 Å². The molecule has 0 atom stereocenters. The van der Waals surface area contributed by atoms with Gasteiger partial charge < -0.3 is 5.32 Å². The van der Waals surface area contributed by atoms with E-state index in [0.717, 1.165) is 31.9 Å². The molecule has 4 heteroatoms. The van der Waals surface area contributed by atoms with Gasteiger partial charge in [-0.05, 0) is 41.5 Å². The predicted octanol–water partition coefficient (Wildman–Crippen LogP) is 4.94. The van der Waals surface area contributed by atoms with Gasteiger partial charge in [0.05, 0.1) is 21.6 Å². The highest BCUT2D eigenvalue weighted by Gasteiger charge is 2.07. The van der Waals surface area contributed by atoms with Crippen molar-refractivity contribution in [2.24, 2.45) is 0 Å². The number of nitrogens with zero attached hydrogens (tertiary/aromatic N) is 1. The first-order valence-electron chi connectivity index (χ1n) is 7.82. The van der Waals surface area contributed by atoms with E-state index in [1.807, 2.05) is 43.3 Å². The fourth-order valence-electron chi connectivity index (χ4n) is 2.86. The normalized spacial score (nSPS) is 11.0. The van der Waals surface area contributed by atoms with Gasteiger partial charge in [0.1, 0.15) is 0 Å². The maximum Gasteiger partial charge on any atom is 0.228 e. The number of rotatable bonds is 3. The van der Waals surface area contributed by atoms with Crippen LogP contribution in [0.2, 0.25) is 0 Å².